The second-order valence-electron chi connectivity index (χ2n) is 6.26. The molecule has 1 aromatic heterocycles. The third-order valence-electron chi connectivity index (χ3n) is 4.31. The summed E-state index contributed by atoms with van der Waals surface area (Å²) >= 11 is 5.84. The highest BCUT2D eigenvalue weighted by atomic mass is 35.5. The number of benzene rings is 1. The number of amides is 1. The van der Waals surface area contributed by atoms with Gasteiger partial charge in [-0.3, -0.25) is 9.69 Å². The normalized spacial score (nSPS) is 15.7. The minimum Gasteiger partial charge on any atom is -0.494 e. The van der Waals surface area contributed by atoms with Crippen molar-refractivity contribution < 1.29 is 19.2 Å². The number of ether oxygens (including phenoxy) is 2. The molecule has 148 valence electrons. The minimum absolute atomic E-state index is 0.197. The standard InChI is InChI=1S/C19H20ClN3O5/c1-2-15-19(24)22(18-16(28-15)9-10-17(21-18)23(25)26)11-3-4-12-27-14-7-5-13(20)6-8-14/h5-10,15H,2-4,11-12H2,1H3. The number of carbonyl (C=O) groups is 1. The summed E-state index contributed by atoms with van der Waals surface area (Å²) in [7, 11) is 0. The van der Waals surface area contributed by atoms with E-state index < -0.39 is 11.0 Å². The number of anilines is 1. The summed E-state index contributed by atoms with van der Waals surface area (Å²) in [6, 6.07) is 9.86. The molecule has 28 heavy (non-hydrogen) atoms. The molecule has 0 bridgehead atoms. The number of unbranched alkanes of at least 4 members (excludes halogenated alkanes) is 1. The minimum atomic E-state index is -0.610. The number of rotatable bonds is 8. The van der Waals surface area contributed by atoms with Crippen molar-refractivity contribution in [1.29, 1.82) is 0 Å². The van der Waals surface area contributed by atoms with E-state index in [0.717, 1.165) is 5.75 Å². The van der Waals surface area contributed by atoms with Crippen molar-refractivity contribution in [3.8, 4) is 11.5 Å². The average molecular weight is 406 g/mol. The Morgan fingerprint density at radius 3 is 2.68 bits per heavy atom. The first-order valence-electron chi connectivity index (χ1n) is 9.01. The molecule has 1 atom stereocenters. The first-order valence-corrected chi connectivity index (χ1v) is 9.39. The lowest BCUT2D eigenvalue weighted by atomic mass is 10.1. The van der Waals surface area contributed by atoms with Crippen LogP contribution in [0.5, 0.6) is 11.5 Å². The zero-order valence-corrected chi connectivity index (χ0v) is 16.1. The molecular weight excluding hydrogens is 386 g/mol. The van der Waals surface area contributed by atoms with Gasteiger partial charge in [0.2, 0.25) is 0 Å². The molecule has 1 aromatic carbocycles. The Bertz CT molecular complexity index is 859. The average Bonchev–Trinajstić information content (AvgIpc) is 2.69. The van der Waals surface area contributed by atoms with Crippen LogP contribution in [-0.2, 0) is 4.79 Å². The predicted molar refractivity (Wildman–Crippen MR) is 104 cm³/mol. The lowest BCUT2D eigenvalue weighted by Crippen LogP contribution is -2.46. The van der Waals surface area contributed by atoms with E-state index in [9.17, 15) is 14.9 Å². The third kappa shape index (κ3) is 4.51. The van der Waals surface area contributed by atoms with E-state index in [2.05, 4.69) is 4.98 Å². The monoisotopic (exact) mass is 405 g/mol. The Morgan fingerprint density at radius 1 is 1.25 bits per heavy atom. The summed E-state index contributed by atoms with van der Waals surface area (Å²) in [6.07, 6.45) is 1.25. The van der Waals surface area contributed by atoms with Crippen molar-refractivity contribution in [2.75, 3.05) is 18.1 Å². The Kier molecular flexibility index (Phi) is 6.30. The van der Waals surface area contributed by atoms with Crippen LogP contribution in [0.4, 0.5) is 11.6 Å². The van der Waals surface area contributed by atoms with Crippen LogP contribution in [0, 0.1) is 10.1 Å². The SMILES string of the molecule is CCC1Oc2ccc([N+](=O)[O-])nc2N(CCCCOc2ccc(Cl)cc2)C1=O. The van der Waals surface area contributed by atoms with Crippen LogP contribution in [0.2, 0.25) is 5.02 Å². The fourth-order valence-corrected chi connectivity index (χ4v) is 2.99. The first-order chi connectivity index (χ1) is 13.5. The smallest absolute Gasteiger partial charge is 0.366 e. The zero-order valence-electron chi connectivity index (χ0n) is 15.3. The van der Waals surface area contributed by atoms with Crippen LogP contribution >= 0.6 is 11.6 Å². The Labute approximate surface area is 167 Å². The lowest BCUT2D eigenvalue weighted by molar-refractivity contribution is -0.389. The molecule has 0 fully saturated rings. The van der Waals surface area contributed by atoms with Gasteiger partial charge in [0.15, 0.2) is 11.9 Å². The number of halogens is 1. The van der Waals surface area contributed by atoms with E-state index in [1.54, 1.807) is 24.3 Å². The molecule has 0 saturated heterocycles. The number of pyridine rings is 1. The number of hydrogen-bond donors (Lipinski definition) is 0. The molecular formula is C19H20ClN3O5. The van der Waals surface area contributed by atoms with Gasteiger partial charge in [0.1, 0.15) is 5.75 Å². The van der Waals surface area contributed by atoms with E-state index in [4.69, 9.17) is 21.1 Å². The summed E-state index contributed by atoms with van der Waals surface area (Å²) in [5.74, 6) is 0.750. The van der Waals surface area contributed by atoms with Crippen molar-refractivity contribution in [3.63, 3.8) is 0 Å². The van der Waals surface area contributed by atoms with Crippen LogP contribution in [0.15, 0.2) is 36.4 Å². The Hall–Kier alpha value is -2.87. The van der Waals surface area contributed by atoms with E-state index in [1.165, 1.54) is 17.0 Å². The van der Waals surface area contributed by atoms with Gasteiger partial charge in [-0.1, -0.05) is 18.5 Å². The molecule has 1 aliphatic heterocycles. The third-order valence-corrected chi connectivity index (χ3v) is 4.56. The highest BCUT2D eigenvalue weighted by molar-refractivity contribution is 6.30. The molecule has 1 unspecified atom stereocenters. The summed E-state index contributed by atoms with van der Waals surface area (Å²) in [4.78, 5) is 28.6. The summed E-state index contributed by atoms with van der Waals surface area (Å²) in [5.41, 5.74) is 0. The topological polar surface area (TPSA) is 94.8 Å². The Balaban J connectivity index is 1.63. The molecule has 0 spiro atoms. The summed E-state index contributed by atoms with van der Waals surface area (Å²) in [5, 5.41) is 11.7. The number of hydrogen-bond acceptors (Lipinski definition) is 6. The van der Waals surface area contributed by atoms with Gasteiger partial charge < -0.3 is 19.6 Å². The molecule has 0 saturated carbocycles. The predicted octanol–water partition coefficient (Wildman–Crippen LogP) is 4.01. The molecule has 2 aromatic rings. The molecule has 1 amide bonds. The molecule has 1 aliphatic rings. The van der Waals surface area contributed by atoms with Crippen molar-refractivity contribution in [1.82, 2.24) is 4.98 Å². The van der Waals surface area contributed by atoms with E-state index >= 15 is 0 Å². The number of nitrogens with zero attached hydrogens (tertiary/aromatic N) is 3. The van der Waals surface area contributed by atoms with Crippen LogP contribution in [0.25, 0.3) is 0 Å². The molecule has 0 radical (unpaired) electrons. The Morgan fingerprint density at radius 2 is 2.00 bits per heavy atom. The van der Waals surface area contributed by atoms with Gasteiger partial charge in [-0.05, 0) is 59.5 Å². The highest BCUT2D eigenvalue weighted by Gasteiger charge is 2.37. The molecule has 9 heteroatoms. The number of nitro groups is 1. The van der Waals surface area contributed by atoms with Gasteiger partial charge in [0.25, 0.3) is 11.7 Å². The van der Waals surface area contributed by atoms with Crippen molar-refractivity contribution in [2.45, 2.75) is 32.3 Å². The van der Waals surface area contributed by atoms with Gasteiger partial charge in [-0.25, -0.2) is 0 Å². The molecule has 2 heterocycles. The van der Waals surface area contributed by atoms with Gasteiger partial charge in [-0.2, -0.15) is 0 Å². The second kappa shape index (κ2) is 8.88. The maximum atomic E-state index is 12.7. The van der Waals surface area contributed by atoms with E-state index in [0.29, 0.717) is 43.2 Å². The van der Waals surface area contributed by atoms with Gasteiger partial charge in [0.05, 0.1) is 6.61 Å². The van der Waals surface area contributed by atoms with E-state index in [1.807, 2.05) is 6.92 Å². The van der Waals surface area contributed by atoms with Gasteiger partial charge in [0, 0.05) is 17.6 Å². The van der Waals surface area contributed by atoms with Crippen LogP contribution in [0.1, 0.15) is 26.2 Å². The molecule has 0 aliphatic carbocycles. The quantitative estimate of drug-likeness (QED) is 0.374. The van der Waals surface area contributed by atoms with Crippen molar-refractivity contribution >= 4 is 29.1 Å². The fraction of sp³-hybridized carbons (Fsp3) is 0.368. The number of carbonyl (C=O) groups excluding carboxylic acids is 1. The van der Waals surface area contributed by atoms with Crippen LogP contribution in [0.3, 0.4) is 0 Å². The number of fused-ring (bicyclic) bond motifs is 1. The van der Waals surface area contributed by atoms with Gasteiger partial charge in [-0.15, -0.1) is 0 Å². The molecule has 0 N–H and O–H groups in total. The maximum Gasteiger partial charge on any atom is 0.366 e. The first kappa shape index (κ1) is 19.9. The summed E-state index contributed by atoms with van der Waals surface area (Å²) < 4.78 is 11.3. The largest absolute Gasteiger partial charge is 0.494 e. The molecule has 3 rings (SSSR count). The van der Waals surface area contributed by atoms with Gasteiger partial charge >= 0.3 is 5.82 Å². The zero-order chi connectivity index (χ0) is 20.1. The summed E-state index contributed by atoms with van der Waals surface area (Å²) in [6.45, 7) is 2.71. The highest BCUT2D eigenvalue weighted by Crippen LogP contribution is 2.34. The van der Waals surface area contributed by atoms with E-state index in [-0.39, 0.29) is 17.5 Å². The fourth-order valence-electron chi connectivity index (χ4n) is 2.86. The van der Waals surface area contributed by atoms with Crippen molar-refractivity contribution in [2.24, 2.45) is 0 Å². The van der Waals surface area contributed by atoms with Crippen molar-refractivity contribution in [3.05, 3.63) is 51.5 Å². The molecule has 8 nitrogen and oxygen atoms in total. The maximum absolute atomic E-state index is 12.7. The van der Waals surface area contributed by atoms with Crippen LogP contribution in [-0.4, -0.2) is 35.1 Å². The number of aromatic nitrogens is 1. The second-order valence-corrected chi connectivity index (χ2v) is 6.70. The lowest BCUT2D eigenvalue weighted by Gasteiger charge is -2.30. The van der Waals surface area contributed by atoms with Crippen LogP contribution < -0.4 is 14.4 Å².